The van der Waals surface area contributed by atoms with Gasteiger partial charge in [-0.15, -0.1) is 0 Å². The molecule has 0 aliphatic rings. The minimum atomic E-state index is -1.57. The molecule has 0 aromatic carbocycles. The number of hydrogen-bond acceptors (Lipinski definition) is 0. The molecule has 0 N–H and O–H groups in total. The van der Waals surface area contributed by atoms with Crippen LogP contribution >= 0.6 is 0 Å². The Balaban J connectivity index is 4.25. The first-order valence-corrected chi connectivity index (χ1v) is 9.68. The van der Waals surface area contributed by atoms with Crippen LogP contribution in [-0.4, -0.2) is 13.3 Å². The van der Waals surface area contributed by atoms with Crippen molar-refractivity contribution in [3.63, 3.8) is 0 Å². The van der Waals surface area contributed by atoms with Crippen molar-refractivity contribution in [2.24, 2.45) is 0 Å². The van der Waals surface area contributed by atoms with Crippen molar-refractivity contribution in [2.45, 2.75) is 43.5 Å². The Hall–Kier alpha value is 0.103. The molecule has 0 saturated carbocycles. The normalized spacial score (nSPS) is 10.4. The minimum absolute atomic E-state index is 1.37. The Labute approximate surface area is 67.8 Å². The predicted octanol–water partition coefficient (Wildman–Crippen LogP) is 3.06. The molecule has 10 heavy (non-hydrogen) atoms. The van der Waals surface area contributed by atoms with E-state index in [1.165, 1.54) is 15.8 Å². The summed E-state index contributed by atoms with van der Waals surface area (Å²) in [5, 5.41) is 4.11. The monoisotopic (exact) mass is 200 g/mol. The average molecular weight is 199 g/mol. The molecule has 0 rings (SSSR count). The average Bonchev–Trinajstić information content (AvgIpc) is 2.01. The van der Waals surface area contributed by atoms with Gasteiger partial charge in [0.15, 0.2) is 0 Å². The van der Waals surface area contributed by atoms with Crippen LogP contribution in [0.5, 0.6) is 0 Å². The van der Waals surface area contributed by atoms with Gasteiger partial charge in [0.25, 0.3) is 0 Å². The second kappa shape index (κ2) is 4.85. The Kier molecular flexibility index (Phi) is 4.90. The van der Waals surface area contributed by atoms with Crippen molar-refractivity contribution in [1.82, 2.24) is 0 Å². The zero-order chi connectivity index (χ0) is 8.04. The molecule has 0 radical (unpaired) electrons. The summed E-state index contributed by atoms with van der Waals surface area (Å²) in [6, 6.07) is 0. The van der Waals surface area contributed by atoms with Crippen LogP contribution in [0.3, 0.4) is 0 Å². The van der Waals surface area contributed by atoms with Crippen molar-refractivity contribution < 1.29 is 0 Å². The third-order valence-electron chi connectivity index (χ3n) is 2.42. The van der Waals surface area contributed by atoms with Crippen LogP contribution < -0.4 is 0 Å². The van der Waals surface area contributed by atoms with Crippen molar-refractivity contribution in [3.8, 4) is 10.7 Å². The number of hydrogen-bond donors (Lipinski definition) is 0. The molecule has 1 heteroatoms. The van der Waals surface area contributed by atoms with E-state index in [2.05, 4.69) is 31.4 Å². The first kappa shape index (κ1) is 10.1. The second-order valence-corrected chi connectivity index (χ2v) is 13.1. The molecule has 0 spiro atoms. The summed E-state index contributed by atoms with van der Waals surface area (Å²) >= 11 is -1.57. The van der Waals surface area contributed by atoms with Gasteiger partial charge in [0.2, 0.25) is 0 Å². The summed E-state index contributed by atoms with van der Waals surface area (Å²) < 4.78 is 3.48. The Morgan fingerprint density at radius 3 is 1.50 bits per heavy atom. The SMILES string of the molecule is CC#[C][Ge]([CH2]C)([CH2]C)[CH2]C. The van der Waals surface area contributed by atoms with E-state index in [1.54, 1.807) is 0 Å². The molecule has 58 valence electrons. The molecule has 0 fully saturated rings. The predicted molar refractivity (Wildman–Crippen MR) is 50.6 cm³/mol. The van der Waals surface area contributed by atoms with Gasteiger partial charge < -0.3 is 0 Å². The van der Waals surface area contributed by atoms with Crippen LogP contribution in [0.15, 0.2) is 0 Å². The van der Waals surface area contributed by atoms with E-state index >= 15 is 0 Å². The third-order valence-corrected chi connectivity index (χ3v) is 12.6. The molecular weight excluding hydrogens is 181 g/mol. The molecule has 0 aliphatic carbocycles. The van der Waals surface area contributed by atoms with Gasteiger partial charge in [-0.1, -0.05) is 0 Å². The summed E-state index contributed by atoms with van der Waals surface area (Å²) in [6.07, 6.45) is 0. The standard InChI is InChI=1S/C9H18Ge/c1-5-9-10(6-2,7-3)8-4/h6-8H2,1-4H3. The van der Waals surface area contributed by atoms with Gasteiger partial charge in [0, 0.05) is 0 Å². The van der Waals surface area contributed by atoms with Gasteiger partial charge in [0.05, 0.1) is 0 Å². The van der Waals surface area contributed by atoms with Crippen molar-refractivity contribution >= 4 is 13.3 Å². The van der Waals surface area contributed by atoms with E-state index in [-0.39, 0.29) is 0 Å². The van der Waals surface area contributed by atoms with Crippen molar-refractivity contribution in [3.05, 3.63) is 0 Å². The molecule has 0 aromatic heterocycles. The summed E-state index contributed by atoms with van der Waals surface area (Å²) in [7, 11) is 0. The molecule has 0 bridgehead atoms. The van der Waals surface area contributed by atoms with E-state index in [4.69, 9.17) is 0 Å². The molecule has 0 atom stereocenters. The zero-order valence-electron chi connectivity index (χ0n) is 7.62. The van der Waals surface area contributed by atoms with E-state index in [1.807, 2.05) is 6.92 Å². The maximum absolute atomic E-state index is 3.48. The molecule has 0 amide bonds. The van der Waals surface area contributed by atoms with E-state index < -0.39 is 13.3 Å². The van der Waals surface area contributed by atoms with E-state index in [9.17, 15) is 0 Å². The first-order valence-electron chi connectivity index (χ1n) is 4.18. The Morgan fingerprint density at radius 2 is 1.40 bits per heavy atom. The van der Waals surface area contributed by atoms with Crippen LogP contribution in [0.1, 0.15) is 27.7 Å². The molecule has 0 unspecified atom stereocenters. The fourth-order valence-electron chi connectivity index (χ4n) is 1.28. The summed E-state index contributed by atoms with van der Waals surface area (Å²) in [5.74, 6) is 3.09. The van der Waals surface area contributed by atoms with Crippen molar-refractivity contribution in [2.75, 3.05) is 0 Å². The van der Waals surface area contributed by atoms with Gasteiger partial charge in [-0.05, 0) is 0 Å². The summed E-state index contributed by atoms with van der Waals surface area (Å²) in [5.41, 5.74) is 0. The second-order valence-electron chi connectivity index (χ2n) is 2.72. The summed E-state index contributed by atoms with van der Waals surface area (Å²) in [4.78, 5) is 0. The molecule has 0 nitrogen and oxygen atoms in total. The van der Waals surface area contributed by atoms with E-state index in [0.29, 0.717) is 0 Å². The van der Waals surface area contributed by atoms with Gasteiger partial charge >= 0.3 is 67.4 Å². The van der Waals surface area contributed by atoms with Crippen LogP contribution in [0, 0.1) is 10.7 Å². The van der Waals surface area contributed by atoms with Gasteiger partial charge in [-0.25, -0.2) is 0 Å². The molecule has 0 heterocycles. The quantitative estimate of drug-likeness (QED) is 0.483. The Bertz CT molecular complexity index is 126. The first-order chi connectivity index (χ1) is 4.74. The van der Waals surface area contributed by atoms with E-state index in [0.717, 1.165) is 0 Å². The van der Waals surface area contributed by atoms with Crippen molar-refractivity contribution in [1.29, 1.82) is 0 Å². The fraction of sp³-hybridized carbons (Fsp3) is 0.778. The zero-order valence-corrected chi connectivity index (χ0v) is 9.72. The van der Waals surface area contributed by atoms with Gasteiger partial charge in [0.1, 0.15) is 0 Å². The molecular formula is C9H18Ge. The van der Waals surface area contributed by atoms with Gasteiger partial charge in [-0.2, -0.15) is 0 Å². The Morgan fingerprint density at radius 1 is 1.00 bits per heavy atom. The van der Waals surface area contributed by atoms with Gasteiger partial charge in [-0.3, -0.25) is 0 Å². The summed E-state index contributed by atoms with van der Waals surface area (Å²) in [6.45, 7) is 8.88. The molecule has 0 aromatic rings. The molecule has 0 saturated heterocycles. The van der Waals surface area contributed by atoms with Crippen LogP contribution in [0.2, 0.25) is 15.8 Å². The maximum atomic E-state index is 3.48. The van der Waals surface area contributed by atoms with Crippen LogP contribution in [0.4, 0.5) is 0 Å². The van der Waals surface area contributed by atoms with Crippen LogP contribution in [0.25, 0.3) is 0 Å². The topological polar surface area (TPSA) is 0 Å². The fourth-order valence-corrected chi connectivity index (χ4v) is 6.65. The molecule has 0 aliphatic heterocycles. The number of rotatable bonds is 3. The third kappa shape index (κ3) is 2.38. The van der Waals surface area contributed by atoms with Crippen LogP contribution in [-0.2, 0) is 0 Å².